The number of rotatable bonds is 3. The molecule has 0 saturated heterocycles. The van der Waals surface area contributed by atoms with Gasteiger partial charge in [-0.1, -0.05) is 43.0 Å². The predicted octanol–water partition coefficient (Wildman–Crippen LogP) is 3.37. The van der Waals surface area contributed by atoms with E-state index in [0.717, 1.165) is 0 Å². The maximum absolute atomic E-state index is 12.5. The number of halogens is 2. The molecule has 0 atom stereocenters. The van der Waals surface area contributed by atoms with Crippen LogP contribution >= 0.6 is 23.2 Å². The van der Waals surface area contributed by atoms with Crippen molar-refractivity contribution in [3.63, 3.8) is 0 Å². The molecule has 6 heteroatoms. The van der Waals surface area contributed by atoms with Crippen LogP contribution in [0, 0.1) is 12.3 Å². The summed E-state index contributed by atoms with van der Waals surface area (Å²) in [6.45, 7) is 3.98. The molecular weight excluding hydrogens is 309 g/mol. The molecule has 0 amide bonds. The van der Waals surface area contributed by atoms with Gasteiger partial charge in [-0.2, -0.15) is 0 Å². The van der Waals surface area contributed by atoms with Gasteiger partial charge in [0.05, 0.1) is 6.54 Å². The van der Waals surface area contributed by atoms with Gasteiger partial charge in [-0.3, -0.25) is 9.36 Å². The Bertz CT molecular complexity index is 755. The number of hydrogen-bond donors (Lipinski definition) is 0. The Morgan fingerprint density at radius 1 is 1.33 bits per heavy atom. The van der Waals surface area contributed by atoms with E-state index in [2.05, 4.69) is 15.9 Å². The van der Waals surface area contributed by atoms with Crippen LogP contribution in [0.1, 0.15) is 25.3 Å². The van der Waals surface area contributed by atoms with E-state index in [-0.39, 0.29) is 28.3 Å². The number of aromatic nitrogens is 3. The lowest BCUT2D eigenvalue weighted by molar-refractivity contribution is 0.731. The summed E-state index contributed by atoms with van der Waals surface area (Å²) in [5, 5.41) is 0.457. The molecule has 108 valence electrons. The Kier molecular flexibility index (Phi) is 4.66. The average Bonchev–Trinajstić information content (AvgIpc) is 2.39. The zero-order valence-electron chi connectivity index (χ0n) is 11.6. The molecule has 0 saturated carbocycles. The first kappa shape index (κ1) is 15.6. The van der Waals surface area contributed by atoms with E-state index in [1.807, 2.05) is 13.8 Å². The molecular formula is C15H13Cl2N3O. The Morgan fingerprint density at radius 3 is 2.48 bits per heavy atom. The van der Waals surface area contributed by atoms with Crippen molar-refractivity contribution in [2.45, 2.75) is 26.3 Å². The molecule has 0 N–H and O–H groups in total. The summed E-state index contributed by atoms with van der Waals surface area (Å²) in [5.74, 6) is 2.96. The van der Waals surface area contributed by atoms with E-state index in [1.165, 1.54) is 4.57 Å². The zero-order chi connectivity index (χ0) is 15.6. The molecule has 0 aliphatic heterocycles. The molecule has 0 spiro atoms. The van der Waals surface area contributed by atoms with Crippen LogP contribution in [0.5, 0.6) is 0 Å². The van der Waals surface area contributed by atoms with Gasteiger partial charge in [0.1, 0.15) is 16.1 Å². The van der Waals surface area contributed by atoms with Crippen LogP contribution in [0.2, 0.25) is 10.3 Å². The summed E-state index contributed by atoms with van der Waals surface area (Å²) in [4.78, 5) is 20.7. The standard InChI is InChI=1S/C15H13Cl2N3O/c1-4-5-20-14(10-6-12(16)19-13(17)7-10)18-8-11(9(2)3)15(20)21/h1,6-9H,5H2,2-3H3. The Morgan fingerprint density at radius 2 is 1.95 bits per heavy atom. The maximum Gasteiger partial charge on any atom is 0.258 e. The SMILES string of the molecule is C#CCn1c(-c2cc(Cl)nc(Cl)c2)ncc(C(C)C)c1=O. The first-order chi connectivity index (χ1) is 9.93. The topological polar surface area (TPSA) is 47.8 Å². The summed E-state index contributed by atoms with van der Waals surface area (Å²) in [6.07, 6.45) is 6.93. The van der Waals surface area contributed by atoms with E-state index in [4.69, 9.17) is 29.6 Å². The molecule has 0 aliphatic carbocycles. The van der Waals surface area contributed by atoms with E-state index < -0.39 is 0 Å². The van der Waals surface area contributed by atoms with Gasteiger partial charge >= 0.3 is 0 Å². The lowest BCUT2D eigenvalue weighted by Gasteiger charge is -2.13. The van der Waals surface area contributed by atoms with Gasteiger partial charge in [-0.05, 0) is 18.1 Å². The third-order valence-electron chi connectivity index (χ3n) is 2.97. The molecule has 0 aliphatic rings. The largest absolute Gasteiger partial charge is 0.281 e. The minimum atomic E-state index is -0.156. The lowest BCUT2D eigenvalue weighted by Crippen LogP contribution is -2.26. The number of pyridine rings is 1. The molecule has 2 aromatic heterocycles. The highest BCUT2D eigenvalue weighted by Crippen LogP contribution is 2.23. The van der Waals surface area contributed by atoms with Crippen LogP contribution in [0.4, 0.5) is 0 Å². The summed E-state index contributed by atoms with van der Waals surface area (Å²) in [7, 11) is 0. The molecule has 4 nitrogen and oxygen atoms in total. The Balaban J connectivity index is 2.72. The smallest absolute Gasteiger partial charge is 0.258 e. The second-order valence-corrected chi connectivity index (χ2v) is 5.56. The van der Waals surface area contributed by atoms with Gasteiger partial charge in [0.25, 0.3) is 5.56 Å². The van der Waals surface area contributed by atoms with E-state index >= 15 is 0 Å². The van der Waals surface area contributed by atoms with Crippen molar-refractivity contribution in [2.24, 2.45) is 0 Å². The van der Waals surface area contributed by atoms with Crippen molar-refractivity contribution in [3.05, 3.63) is 44.6 Å². The molecule has 2 aromatic rings. The predicted molar refractivity (Wildman–Crippen MR) is 84.7 cm³/mol. The highest BCUT2D eigenvalue weighted by Gasteiger charge is 2.14. The highest BCUT2D eigenvalue weighted by molar-refractivity contribution is 6.32. The third-order valence-corrected chi connectivity index (χ3v) is 3.35. The fourth-order valence-corrected chi connectivity index (χ4v) is 2.43. The molecule has 21 heavy (non-hydrogen) atoms. The van der Waals surface area contributed by atoms with Crippen molar-refractivity contribution in [1.82, 2.24) is 14.5 Å². The van der Waals surface area contributed by atoms with Crippen LogP contribution in [-0.4, -0.2) is 14.5 Å². The van der Waals surface area contributed by atoms with Gasteiger partial charge in [0.15, 0.2) is 0 Å². The molecule has 0 radical (unpaired) electrons. The molecule has 2 heterocycles. The normalized spacial score (nSPS) is 10.7. The van der Waals surface area contributed by atoms with Crippen molar-refractivity contribution >= 4 is 23.2 Å². The second kappa shape index (κ2) is 6.30. The monoisotopic (exact) mass is 321 g/mol. The van der Waals surface area contributed by atoms with Crippen molar-refractivity contribution in [3.8, 4) is 23.7 Å². The van der Waals surface area contributed by atoms with Gasteiger partial charge in [0, 0.05) is 17.3 Å². The number of nitrogens with zero attached hydrogens (tertiary/aromatic N) is 3. The second-order valence-electron chi connectivity index (χ2n) is 4.79. The first-order valence-corrected chi connectivity index (χ1v) is 7.06. The summed E-state index contributed by atoms with van der Waals surface area (Å²) in [5.41, 5.74) is 1.06. The lowest BCUT2D eigenvalue weighted by atomic mass is 10.1. The van der Waals surface area contributed by atoms with Crippen LogP contribution in [-0.2, 0) is 6.54 Å². The van der Waals surface area contributed by atoms with Crippen molar-refractivity contribution in [1.29, 1.82) is 0 Å². The van der Waals surface area contributed by atoms with E-state index in [0.29, 0.717) is 17.0 Å². The molecule has 0 bridgehead atoms. The van der Waals surface area contributed by atoms with Gasteiger partial charge < -0.3 is 0 Å². The van der Waals surface area contributed by atoms with Gasteiger partial charge in [-0.15, -0.1) is 6.42 Å². The minimum Gasteiger partial charge on any atom is -0.281 e. The molecule has 0 unspecified atom stereocenters. The molecule has 0 fully saturated rings. The average molecular weight is 322 g/mol. The molecule has 0 aromatic carbocycles. The number of terminal acetylenes is 1. The third kappa shape index (κ3) is 3.26. The summed E-state index contributed by atoms with van der Waals surface area (Å²) >= 11 is 11.8. The Hall–Kier alpha value is -1.83. The van der Waals surface area contributed by atoms with Gasteiger partial charge in [0.2, 0.25) is 0 Å². The maximum atomic E-state index is 12.5. The van der Waals surface area contributed by atoms with Crippen LogP contribution in [0.15, 0.2) is 23.1 Å². The highest BCUT2D eigenvalue weighted by atomic mass is 35.5. The first-order valence-electron chi connectivity index (χ1n) is 6.30. The van der Waals surface area contributed by atoms with Crippen LogP contribution in [0.25, 0.3) is 11.4 Å². The quantitative estimate of drug-likeness (QED) is 0.643. The zero-order valence-corrected chi connectivity index (χ0v) is 13.1. The van der Waals surface area contributed by atoms with Gasteiger partial charge in [-0.25, -0.2) is 9.97 Å². The Labute approximate surface area is 132 Å². The van der Waals surface area contributed by atoms with Crippen molar-refractivity contribution < 1.29 is 0 Å². The van der Waals surface area contributed by atoms with Crippen LogP contribution in [0.3, 0.4) is 0 Å². The summed E-state index contributed by atoms with van der Waals surface area (Å²) < 4.78 is 1.44. The van der Waals surface area contributed by atoms with E-state index in [1.54, 1.807) is 18.3 Å². The molecule has 2 rings (SSSR count). The van der Waals surface area contributed by atoms with E-state index in [9.17, 15) is 4.79 Å². The fraction of sp³-hybridized carbons (Fsp3) is 0.267. The van der Waals surface area contributed by atoms with Crippen LogP contribution < -0.4 is 5.56 Å². The number of hydrogen-bond acceptors (Lipinski definition) is 3. The minimum absolute atomic E-state index is 0.0627. The summed E-state index contributed by atoms with van der Waals surface area (Å²) in [6, 6.07) is 3.19. The van der Waals surface area contributed by atoms with Crippen molar-refractivity contribution in [2.75, 3.05) is 0 Å². The fourth-order valence-electron chi connectivity index (χ4n) is 1.97.